The van der Waals surface area contributed by atoms with E-state index in [4.69, 9.17) is 12.2 Å². The van der Waals surface area contributed by atoms with Crippen LogP contribution in [0.5, 0.6) is 0 Å². The minimum atomic E-state index is 0.584. The fourth-order valence-electron chi connectivity index (χ4n) is 3.44. The standard InChI is InChI=1S/C12H22BNS/c1-12(13-2)6-4-5-10-9(8-12)7-11(15)14(10)3/h9-10,13H,4-8H2,1-3H3. The van der Waals surface area contributed by atoms with Gasteiger partial charge in [-0.25, -0.2) is 0 Å². The Morgan fingerprint density at radius 1 is 1.53 bits per heavy atom. The molecule has 0 amide bonds. The number of likely N-dealkylation sites (tertiary alicyclic amines) is 1. The smallest absolute Gasteiger partial charge is 0.124 e. The molecule has 15 heavy (non-hydrogen) atoms. The van der Waals surface area contributed by atoms with Crippen LogP contribution in [0.25, 0.3) is 0 Å². The molecule has 0 N–H and O–H groups in total. The van der Waals surface area contributed by atoms with E-state index in [1.54, 1.807) is 0 Å². The Labute approximate surface area is 99.8 Å². The molecule has 0 aromatic carbocycles. The molecular weight excluding hydrogens is 201 g/mol. The highest BCUT2D eigenvalue weighted by Crippen LogP contribution is 2.47. The van der Waals surface area contributed by atoms with Crippen LogP contribution in [0.4, 0.5) is 0 Å². The van der Waals surface area contributed by atoms with Crippen LogP contribution in [0.15, 0.2) is 0 Å². The van der Waals surface area contributed by atoms with Crippen LogP contribution in [0, 0.1) is 5.92 Å². The van der Waals surface area contributed by atoms with Crippen LogP contribution in [0.2, 0.25) is 12.1 Å². The monoisotopic (exact) mass is 223 g/mol. The Balaban J connectivity index is 2.14. The molecule has 84 valence electrons. The van der Waals surface area contributed by atoms with Gasteiger partial charge in [0, 0.05) is 19.5 Å². The van der Waals surface area contributed by atoms with Crippen molar-refractivity contribution in [2.75, 3.05) is 7.05 Å². The molecule has 0 bridgehead atoms. The summed E-state index contributed by atoms with van der Waals surface area (Å²) in [5.41, 5.74) is 0. The van der Waals surface area contributed by atoms with E-state index >= 15 is 0 Å². The summed E-state index contributed by atoms with van der Waals surface area (Å²) < 4.78 is 0. The maximum atomic E-state index is 5.44. The van der Waals surface area contributed by atoms with E-state index in [-0.39, 0.29) is 0 Å². The summed E-state index contributed by atoms with van der Waals surface area (Å²) in [7, 11) is 3.52. The van der Waals surface area contributed by atoms with E-state index in [1.807, 2.05) is 0 Å². The van der Waals surface area contributed by atoms with E-state index in [2.05, 4.69) is 25.7 Å². The second-order valence-electron chi connectivity index (χ2n) is 5.80. The molecule has 1 nitrogen and oxygen atoms in total. The molecule has 1 saturated carbocycles. The predicted molar refractivity (Wildman–Crippen MR) is 72.1 cm³/mol. The Morgan fingerprint density at radius 3 is 2.93 bits per heavy atom. The minimum Gasteiger partial charge on any atom is -0.366 e. The maximum Gasteiger partial charge on any atom is 0.124 e. The van der Waals surface area contributed by atoms with Gasteiger partial charge in [-0.3, -0.25) is 0 Å². The van der Waals surface area contributed by atoms with Crippen molar-refractivity contribution in [3.8, 4) is 0 Å². The molecule has 1 saturated heterocycles. The highest BCUT2D eigenvalue weighted by atomic mass is 32.1. The van der Waals surface area contributed by atoms with Crippen LogP contribution in [-0.4, -0.2) is 30.3 Å². The van der Waals surface area contributed by atoms with Gasteiger partial charge < -0.3 is 4.90 Å². The lowest BCUT2D eigenvalue weighted by Crippen LogP contribution is -2.30. The molecule has 2 aliphatic rings. The fraction of sp³-hybridized carbons (Fsp3) is 0.917. The molecule has 0 aromatic heterocycles. The molecule has 0 aromatic rings. The van der Waals surface area contributed by atoms with Crippen molar-refractivity contribution in [3.05, 3.63) is 0 Å². The predicted octanol–water partition coefficient (Wildman–Crippen LogP) is 2.87. The summed E-state index contributed by atoms with van der Waals surface area (Å²) in [6, 6.07) is 0.755. The third kappa shape index (κ3) is 2.08. The van der Waals surface area contributed by atoms with E-state index in [1.165, 1.54) is 44.4 Å². The van der Waals surface area contributed by atoms with Crippen LogP contribution in [0.3, 0.4) is 0 Å². The van der Waals surface area contributed by atoms with Crippen molar-refractivity contribution < 1.29 is 0 Å². The molecule has 2 rings (SSSR count). The van der Waals surface area contributed by atoms with Crippen LogP contribution >= 0.6 is 12.2 Å². The van der Waals surface area contributed by atoms with Gasteiger partial charge in [0.25, 0.3) is 0 Å². The molecule has 0 radical (unpaired) electrons. The van der Waals surface area contributed by atoms with Crippen molar-refractivity contribution in [2.45, 2.75) is 57.2 Å². The van der Waals surface area contributed by atoms with Gasteiger partial charge in [0.1, 0.15) is 7.28 Å². The van der Waals surface area contributed by atoms with Gasteiger partial charge in [0.05, 0.1) is 4.99 Å². The van der Waals surface area contributed by atoms with Crippen LogP contribution in [-0.2, 0) is 0 Å². The summed E-state index contributed by atoms with van der Waals surface area (Å²) in [5, 5.41) is 0.584. The molecule has 3 heteroatoms. The summed E-state index contributed by atoms with van der Waals surface area (Å²) in [4.78, 5) is 3.58. The van der Waals surface area contributed by atoms with Gasteiger partial charge >= 0.3 is 0 Å². The third-order valence-corrected chi connectivity index (χ3v) is 5.22. The van der Waals surface area contributed by atoms with E-state index < -0.39 is 0 Å². The van der Waals surface area contributed by atoms with Gasteiger partial charge in [-0.05, 0) is 18.8 Å². The first-order valence-electron chi connectivity index (χ1n) is 6.31. The van der Waals surface area contributed by atoms with Crippen molar-refractivity contribution in [2.24, 2.45) is 5.92 Å². The molecule has 3 atom stereocenters. The SMILES string of the molecule is CBC1(C)CCCC2C(CC(=S)N2C)C1. The van der Waals surface area contributed by atoms with E-state index in [9.17, 15) is 0 Å². The average Bonchev–Trinajstić information content (AvgIpc) is 2.39. The van der Waals surface area contributed by atoms with Gasteiger partial charge in [-0.2, -0.15) is 0 Å². The average molecular weight is 223 g/mol. The van der Waals surface area contributed by atoms with Gasteiger partial charge in [0.15, 0.2) is 0 Å². The fourth-order valence-corrected chi connectivity index (χ4v) is 3.79. The maximum absolute atomic E-state index is 5.44. The number of hydrogen-bond donors (Lipinski definition) is 0. The first-order chi connectivity index (χ1) is 7.06. The third-order valence-electron chi connectivity index (χ3n) is 4.76. The van der Waals surface area contributed by atoms with Gasteiger partial charge in [0.2, 0.25) is 0 Å². The summed E-state index contributed by atoms with van der Waals surface area (Å²) in [5.74, 6) is 0.843. The van der Waals surface area contributed by atoms with Crippen molar-refractivity contribution in [3.63, 3.8) is 0 Å². The zero-order valence-corrected chi connectivity index (χ0v) is 11.1. The lowest BCUT2D eigenvalue weighted by molar-refractivity contribution is 0.292. The number of fused-ring (bicyclic) bond motifs is 1. The summed E-state index contributed by atoms with van der Waals surface area (Å²) in [6.45, 7) is 4.81. The molecular formula is C12H22BNS. The van der Waals surface area contributed by atoms with E-state index in [0.29, 0.717) is 5.31 Å². The van der Waals surface area contributed by atoms with Crippen LogP contribution < -0.4 is 0 Å². The van der Waals surface area contributed by atoms with Gasteiger partial charge in [-0.1, -0.05) is 44.1 Å². The Bertz CT molecular complexity index is 268. The summed E-state index contributed by atoms with van der Waals surface area (Å²) >= 11 is 5.44. The number of rotatable bonds is 1. The Hall–Kier alpha value is -0.0451. The zero-order chi connectivity index (χ0) is 11.1. The Kier molecular flexibility index (Phi) is 3.11. The largest absolute Gasteiger partial charge is 0.366 e. The van der Waals surface area contributed by atoms with Crippen molar-refractivity contribution in [1.29, 1.82) is 0 Å². The Morgan fingerprint density at radius 2 is 2.27 bits per heavy atom. The van der Waals surface area contributed by atoms with Crippen molar-refractivity contribution in [1.82, 2.24) is 4.90 Å². The summed E-state index contributed by atoms with van der Waals surface area (Å²) in [6.07, 6.45) is 6.72. The second kappa shape index (κ2) is 4.08. The second-order valence-corrected chi connectivity index (χ2v) is 6.27. The first kappa shape index (κ1) is 11.4. The number of nitrogens with zero attached hydrogens (tertiary/aromatic N) is 1. The van der Waals surface area contributed by atoms with Gasteiger partial charge in [-0.15, -0.1) is 0 Å². The zero-order valence-electron chi connectivity index (χ0n) is 10.3. The lowest BCUT2D eigenvalue weighted by atomic mass is 9.51. The molecule has 1 heterocycles. The minimum absolute atomic E-state index is 0.584. The topological polar surface area (TPSA) is 3.24 Å². The molecule has 1 aliphatic carbocycles. The highest BCUT2D eigenvalue weighted by molar-refractivity contribution is 7.80. The van der Waals surface area contributed by atoms with Crippen molar-refractivity contribution >= 4 is 24.5 Å². The molecule has 0 spiro atoms. The number of hydrogen-bond acceptors (Lipinski definition) is 1. The van der Waals surface area contributed by atoms with Crippen LogP contribution in [0.1, 0.15) is 39.0 Å². The quantitative estimate of drug-likeness (QED) is 0.496. The lowest BCUT2D eigenvalue weighted by Gasteiger charge is -2.29. The molecule has 1 aliphatic heterocycles. The highest BCUT2D eigenvalue weighted by Gasteiger charge is 2.41. The molecule has 3 unspecified atom stereocenters. The molecule has 2 fully saturated rings. The van der Waals surface area contributed by atoms with E-state index in [0.717, 1.165) is 12.0 Å². The normalized spacial score (nSPS) is 41.3. The first-order valence-corrected chi connectivity index (χ1v) is 6.72. The number of thiocarbonyl (C=S) groups is 1.